The van der Waals surface area contributed by atoms with Gasteiger partial charge in [-0.1, -0.05) is 65.0 Å². The molecule has 0 fully saturated rings. The maximum atomic E-state index is 12.6. The Morgan fingerprint density at radius 1 is 1.06 bits per heavy atom. The molecule has 0 bridgehead atoms. The molecule has 6 nitrogen and oxygen atoms in total. The number of aromatic nitrogens is 1. The summed E-state index contributed by atoms with van der Waals surface area (Å²) in [6.07, 6.45) is 1.22. The zero-order valence-electron chi connectivity index (χ0n) is 17.3. The van der Waals surface area contributed by atoms with Crippen molar-refractivity contribution in [3.05, 3.63) is 99.2 Å². The molecule has 1 aromatic heterocycles. The number of aryl methyl sites for hydroxylation is 1. The van der Waals surface area contributed by atoms with Gasteiger partial charge in [-0.3, -0.25) is 9.36 Å². The molecular formula is C25H21N3O3S. The standard InChI is InChI=1S/C25H21N3O3S/c26-14-4-5-18-8-11-21(12-9-18)31-16-15-28-22-13-10-20(17-23(22)32-25(28)29)24(27-30)19-6-2-1-3-7-19/h1-3,6-13,17,30H,4-5,15-16H2/b27-24+. The number of hydrogen-bond donors (Lipinski definition) is 1. The average Bonchev–Trinajstić information content (AvgIpc) is 3.14. The minimum absolute atomic E-state index is 0.0604. The molecule has 0 aliphatic rings. The molecule has 0 spiro atoms. The first-order chi connectivity index (χ1) is 15.7. The second-order valence-electron chi connectivity index (χ2n) is 7.17. The van der Waals surface area contributed by atoms with E-state index in [-0.39, 0.29) is 4.87 Å². The monoisotopic (exact) mass is 443 g/mol. The van der Waals surface area contributed by atoms with E-state index in [0.29, 0.717) is 25.3 Å². The van der Waals surface area contributed by atoms with Gasteiger partial charge in [-0.2, -0.15) is 5.26 Å². The van der Waals surface area contributed by atoms with Gasteiger partial charge in [-0.15, -0.1) is 0 Å². The molecule has 0 amide bonds. The number of oxime groups is 1. The van der Waals surface area contributed by atoms with Crippen molar-refractivity contribution in [3.63, 3.8) is 0 Å². The largest absolute Gasteiger partial charge is 0.492 e. The van der Waals surface area contributed by atoms with Gasteiger partial charge in [0.05, 0.1) is 22.8 Å². The molecule has 0 aliphatic heterocycles. The molecule has 7 heteroatoms. The molecule has 0 saturated heterocycles. The highest BCUT2D eigenvalue weighted by atomic mass is 32.1. The van der Waals surface area contributed by atoms with Gasteiger partial charge in [-0.05, 0) is 36.2 Å². The van der Waals surface area contributed by atoms with Crippen LogP contribution in [0.4, 0.5) is 0 Å². The van der Waals surface area contributed by atoms with Crippen LogP contribution in [0, 0.1) is 11.3 Å². The lowest BCUT2D eigenvalue weighted by atomic mass is 10.0. The Bertz CT molecular complexity index is 1330. The Morgan fingerprint density at radius 2 is 1.84 bits per heavy atom. The van der Waals surface area contributed by atoms with Crippen molar-refractivity contribution < 1.29 is 9.94 Å². The number of rotatable bonds is 8. The van der Waals surface area contributed by atoms with Crippen LogP contribution in [0.3, 0.4) is 0 Å². The number of fused-ring (bicyclic) bond motifs is 1. The first-order valence-electron chi connectivity index (χ1n) is 10.2. The van der Waals surface area contributed by atoms with Gasteiger partial charge < -0.3 is 9.94 Å². The van der Waals surface area contributed by atoms with E-state index in [4.69, 9.17) is 10.00 Å². The number of nitriles is 1. The van der Waals surface area contributed by atoms with Crippen LogP contribution in [0.5, 0.6) is 5.75 Å². The Balaban J connectivity index is 1.48. The Labute approximate surface area is 189 Å². The van der Waals surface area contributed by atoms with Crippen molar-refractivity contribution in [3.8, 4) is 11.8 Å². The van der Waals surface area contributed by atoms with Crippen molar-refractivity contribution in [2.75, 3.05) is 6.61 Å². The molecule has 1 heterocycles. The molecule has 4 aromatic rings. The van der Waals surface area contributed by atoms with Gasteiger partial charge in [-0.25, -0.2) is 0 Å². The fourth-order valence-electron chi connectivity index (χ4n) is 3.51. The number of benzene rings is 3. The van der Waals surface area contributed by atoms with Crippen LogP contribution in [-0.4, -0.2) is 22.1 Å². The van der Waals surface area contributed by atoms with Gasteiger partial charge >= 0.3 is 4.87 Å². The van der Waals surface area contributed by atoms with Gasteiger partial charge in [0.1, 0.15) is 18.1 Å². The fraction of sp³-hybridized carbons (Fsp3) is 0.160. The Hall–Kier alpha value is -3.89. The summed E-state index contributed by atoms with van der Waals surface area (Å²) in [5, 5.41) is 21.7. The van der Waals surface area contributed by atoms with E-state index in [1.165, 1.54) is 0 Å². The summed E-state index contributed by atoms with van der Waals surface area (Å²) in [6, 6.07) is 24.8. The van der Waals surface area contributed by atoms with Crippen LogP contribution in [-0.2, 0) is 13.0 Å². The lowest BCUT2D eigenvalue weighted by Gasteiger charge is -2.09. The van der Waals surface area contributed by atoms with E-state index in [9.17, 15) is 10.0 Å². The topological polar surface area (TPSA) is 87.6 Å². The fourth-order valence-corrected chi connectivity index (χ4v) is 4.47. The molecule has 32 heavy (non-hydrogen) atoms. The third kappa shape index (κ3) is 4.71. The second kappa shape index (κ2) is 9.94. The Kier molecular flexibility index (Phi) is 6.63. The zero-order chi connectivity index (χ0) is 22.3. The number of ether oxygens (including phenoxy) is 1. The number of nitrogens with zero attached hydrogens (tertiary/aromatic N) is 3. The number of thiazole rings is 1. The van der Waals surface area contributed by atoms with Gasteiger partial charge in [0.15, 0.2) is 0 Å². The summed E-state index contributed by atoms with van der Waals surface area (Å²) in [6.45, 7) is 0.784. The molecular weight excluding hydrogens is 422 g/mol. The molecule has 4 rings (SSSR count). The third-order valence-corrected chi connectivity index (χ3v) is 6.06. The van der Waals surface area contributed by atoms with Crippen molar-refractivity contribution >= 4 is 27.3 Å². The van der Waals surface area contributed by atoms with E-state index in [2.05, 4.69) is 11.2 Å². The van der Waals surface area contributed by atoms with Crippen molar-refractivity contribution in [2.45, 2.75) is 19.4 Å². The summed E-state index contributed by atoms with van der Waals surface area (Å²) in [5.74, 6) is 0.729. The molecule has 0 radical (unpaired) electrons. The van der Waals surface area contributed by atoms with Crippen LogP contribution >= 0.6 is 11.3 Å². The molecule has 0 unspecified atom stereocenters. The lowest BCUT2D eigenvalue weighted by molar-refractivity contribution is 0.299. The van der Waals surface area contributed by atoms with Crippen molar-refractivity contribution in [2.24, 2.45) is 5.16 Å². The summed E-state index contributed by atoms with van der Waals surface area (Å²) >= 11 is 1.16. The minimum Gasteiger partial charge on any atom is -0.492 e. The van der Waals surface area contributed by atoms with Crippen molar-refractivity contribution in [1.82, 2.24) is 4.57 Å². The highest BCUT2D eigenvalue weighted by Crippen LogP contribution is 2.22. The van der Waals surface area contributed by atoms with Crippen LogP contribution in [0.15, 0.2) is 82.7 Å². The van der Waals surface area contributed by atoms with E-state index >= 15 is 0 Å². The van der Waals surface area contributed by atoms with Crippen LogP contribution in [0.1, 0.15) is 23.1 Å². The van der Waals surface area contributed by atoms with E-state index in [0.717, 1.165) is 50.4 Å². The number of hydrogen-bond acceptors (Lipinski definition) is 6. The third-order valence-electron chi connectivity index (χ3n) is 5.12. The molecule has 0 saturated carbocycles. The molecule has 1 N–H and O–H groups in total. The quantitative estimate of drug-likeness (QED) is 0.240. The summed E-state index contributed by atoms with van der Waals surface area (Å²) < 4.78 is 8.33. The maximum absolute atomic E-state index is 12.6. The first-order valence-corrected chi connectivity index (χ1v) is 11.0. The first kappa shape index (κ1) is 21.3. The predicted octanol–water partition coefficient (Wildman–Crippen LogP) is 4.82. The molecule has 3 aromatic carbocycles. The second-order valence-corrected chi connectivity index (χ2v) is 8.16. The summed E-state index contributed by atoms with van der Waals surface area (Å²) in [7, 11) is 0. The Morgan fingerprint density at radius 3 is 2.56 bits per heavy atom. The van der Waals surface area contributed by atoms with Crippen LogP contribution in [0.2, 0.25) is 0 Å². The smallest absolute Gasteiger partial charge is 0.308 e. The summed E-state index contributed by atoms with van der Waals surface area (Å²) in [5.41, 5.74) is 3.92. The van der Waals surface area contributed by atoms with Gasteiger partial charge in [0, 0.05) is 17.5 Å². The van der Waals surface area contributed by atoms with E-state index in [1.807, 2.05) is 72.8 Å². The summed E-state index contributed by atoms with van der Waals surface area (Å²) in [4.78, 5) is 12.5. The highest BCUT2D eigenvalue weighted by Gasteiger charge is 2.12. The lowest BCUT2D eigenvalue weighted by Crippen LogP contribution is -2.17. The van der Waals surface area contributed by atoms with E-state index in [1.54, 1.807) is 4.57 Å². The van der Waals surface area contributed by atoms with Crippen molar-refractivity contribution in [1.29, 1.82) is 5.26 Å². The van der Waals surface area contributed by atoms with Gasteiger partial charge in [0.25, 0.3) is 0 Å². The molecule has 0 atom stereocenters. The van der Waals surface area contributed by atoms with Crippen LogP contribution in [0.25, 0.3) is 10.2 Å². The normalized spacial score (nSPS) is 11.4. The average molecular weight is 444 g/mol. The SMILES string of the molecule is N#CCCc1ccc(OCCn2c(=O)sc3cc(/C(=N/O)c4ccccc4)ccc32)cc1. The van der Waals surface area contributed by atoms with E-state index < -0.39 is 0 Å². The van der Waals surface area contributed by atoms with Crippen LogP contribution < -0.4 is 9.61 Å². The molecule has 160 valence electrons. The van der Waals surface area contributed by atoms with Gasteiger partial charge in [0.2, 0.25) is 0 Å². The molecule has 0 aliphatic carbocycles. The maximum Gasteiger partial charge on any atom is 0.308 e. The zero-order valence-corrected chi connectivity index (χ0v) is 18.1. The minimum atomic E-state index is -0.0604. The predicted molar refractivity (Wildman–Crippen MR) is 126 cm³/mol. The highest BCUT2D eigenvalue weighted by molar-refractivity contribution is 7.16.